The first-order chi connectivity index (χ1) is 16.1. The van der Waals surface area contributed by atoms with E-state index in [1.165, 1.54) is 24.2 Å². The molecule has 0 aromatic heterocycles. The van der Waals surface area contributed by atoms with Gasteiger partial charge in [0.25, 0.3) is 11.8 Å². The summed E-state index contributed by atoms with van der Waals surface area (Å²) >= 11 is 13.0. The molecule has 0 saturated heterocycles. The Bertz CT molecular complexity index is 952. The predicted octanol–water partition coefficient (Wildman–Crippen LogP) is 6.31. The van der Waals surface area contributed by atoms with Gasteiger partial charge in [0.1, 0.15) is 0 Å². The van der Waals surface area contributed by atoms with Crippen molar-refractivity contribution < 1.29 is 19.4 Å². The van der Waals surface area contributed by atoms with Crippen molar-refractivity contribution in [1.82, 2.24) is 4.90 Å². The molecule has 5 aliphatic rings. The summed E-state index contributed by atoms with van der Waals surface area (Å²) in [5.74, 6) is 0.930. The van der Waals surface area contributed by atoms with Crippen LogP contribution < -0.4 is 0 Å². The van der Waals surface area contributed by atoms with E-state index >= 15 is 0 Å². The molecule has 1 unspecified atom stereocenters. The number of amides is 2. The molecule has 1 aliphatic heterocycles. The lowest BCUT2D eigenvalue weighted by Crippen LogP contribution is -2.63. The zero-order valence-corrected chi connectivity index (χ0v) is 22.0. The molecule has 4 bridgehead atoms. The van der Waals surface area contributed by atoms with Crippen molar-refractivity contribution in [3.05, 3.63) is 32.3 Å². The second-order valence-electron chi connectivity index (χ2n) is 11.3. The maximum Gasteiger partial charge on any atom is 0.263 e. The molecule has 6 rings (SSSR count). The van der Waals surface area contributed by atoms with E-state index in [-0.39, 0.29) is 28.0 Å². The van der Waals surface area contributed by atoms with Crippen molar-refractivity contribution in [3.8, 4) is 0 Å². The Kier molecular flexibility index (Phi) is 6.32. The zero-order valence-electron chi connectivity index (χ0n) is 20.5. The fourth-order valence-electron chi connectivity index (χ4n) is 7.97. The summed E-state index contributed by atoms with van der Waals surface area (Å²) in [6.07, 6.45) is 6.56. The van der Waals surface area contributed by atoms with Gasteiger partial charge in [0.2, 0.25) is 0 Å². The highest BCUT2D eigenvalue weighted by atomic mass is 35.5. The normalized spacial score (nSPS) is 31.5. The summed E-state index contributed by atoms with van der Waals surface area (Å²) < 4.78 is 6.17. The first-order valence-electron chi connectivity index (χ1n) is 12.8. The monoisotopic (exact) mass is 507 g/mol. The Labute approximate surface area is 212 Å². The molecule has 1 aromatic carbocycles. The number of hydrogen-bond donors (Lipinski definition) is 1. The number of halogens is 2. The average molecular weight is 508 g/mol. The van der Waals surface area contributed by atoms with Gasteiger partial charge in [0.05, 0.1) is 33.3 Å². The number of fused-ring (bicyclic) bond motifs is 1. The van der Waals surface area contributed by atoms with Crippen molar-refractivity contribution in [3.63, 3.8) is 0 Å². The predicted molar refractivity (Wildman–Crippen MR) is 132 cm³/mol. The number of ether oxygens (including phenoxy) is 1. The summed E-state index contributed by atoms with van der Waals surface area (Å²) in [7, 11) is 0. The summed E-state index contributed by atoms with van der Waals surface area (Å²) in [5.41, 5.74) is 1.54. The molecule has 0 radical (unpaired) electrons. The summed E-state index contributed by atoms with van der Waals surface area (Å²) in [5, 5.41) is 12.0. The van der Waals surface area contributed by atoms with Gasteiger partial charge in [-0.3, -0.25) is 14.5 Å². The maximum atomic E-state index is 13.9. The van der Waals surface area contributed by atoms with Gasteiger partial charge < -0.3 is 9.84 Å². The van der Waals surface area contributed by atoms with Crippen LogP contribution in [0.3, 0.4) is 0 Å². The van der Waals surface area contributed by atoms with E-state index in [1.807, 2.05) is 27.7 Å². The van der Waals surface area contributed by atoms with E-state index < -0.39 is 18.2 Å². The number of carbonyl (C=O) groups is 2. The number of carbonyl (C=O) groups excluding carboxylic acids is 2. The molecule has 4 saturated carbocycles. The number of rotatable bonds is 7. The molecule has 7 heteroatoms. The molecular formula is C27H35Cl2NO4. The van der Waals surface area contributed by atoms with E-state index in [0.717, 1.165) is 32.1 Å². The van der Waals surface area contributed by atoms with Crippen LogP contribution in [0.2, 0.25) is 10.0 Å². The highest BCUT2D eigenvalue weighted by Gasteiger charge is 2.60. The number of hydrogen-bond acceptors (Lipinski definition) is 4. The van der Waals surface area contributed by atoms with Crippen LogP contribution in [0.5, 0.6) is 0 Å². The molecule has 0 spiro atoms. The van der Waals surface area contributed by atoms with Crippen LogP contribution in [0.25, 0.3) is 0 Å². The zero-order chi connectivity index (χ0) is 24.5. The molecular weight excluding hydrogens is 473 g/mol. The van der Waals surface area contributed by atoms with Gasteiger partial charge in [-0.25, -0.2) is 0 Å². The molecule has 1 N–H and O–H groups in total. The van der Waals surface area contributed by atoms with Crippen LogP contribution in [0.1, 0.15) is 97.1 Å². The highest BCUT2D eigenvalue weighted by molar-refractivity contribution is 6.46. The third-order valence-electron chi connectivity index (χ3n) is 9.30. The molecule has 34 heavy (non-hydrogen) atoms. The maximum absolute atomic E-state index is 13.9. The fraction of sp³-hybridized carbons (Fsp3) is 0.704. The number of aliphatic hydroxyl groups excluding tert-OH is 1. The topological polar surface area (TPSA) is 66.8 Å². The molecule has 4 aliphatic carbocycles. The van der Waals surface area contributed by atoms with E-state index in [0.29, 0.717) is 39.5 Å². The van der Waals surface area contributed by atoms with Crippen molar-refractivity contribution in [2.45, 2.75) is 97.5 Å². The minimum absolute atomic E-state index is 0.125. The molecule has 1 aromatic rings. The van der Waals surface area contributed by atoms with E-state index in [2.05, 4.69) is 0 Å². The van der Waals surface area contributed by atoms with Gasteiger partial charge in [-0.15, -0.1) is 0 Å². The molecule has 2 atom stereocenters. The SMILES string of the molecule is CCC(CC)OC(O)[C@@H](N1C(=O)c2c(C)c(C)c(Cl)c(Cl)c2C1=O)C12CC3CC(CC(C3)C1)C2. The van der Waals surface area contributed by atoms with Gasteiger partial charge in [-0.05, 0) is 99.5 Å². The quantitative estimate of drug-likeness (QED) is 0.346. The number of nitrogens with zero attached hydrogens (tertiary/aromatic N) is 1. The molecule has 1 heterocycles. The summed E-state index contributed by atoms with van der Waals surface area (Å²) in [6, 6.07) is -0.733. The Morgan fingerprint density at radius 2 is 1.41 bits per heavy atom. The second kappa shape index (κ2) is 8.76. The highest BCUT2D eigenvalue weighted by Crippen LogP contribution is 2.63. The molecule has 5 nitrogen and oxygen atoms in total. The standard InChI is InChI=1S/C27H35Cl2NO4/c1-5-18(6-2)34-26(33)23(27-10-15-7-16(11-27)9-17(8-15)12-27)30-24(31)19-13(3)14(4)21(28)22(29)20(19)25(30)32/h15-18,23,26,33H,5-12H2,1-4H3/t15?,16?,17?,23-,26?,27?/m1/s1. The smallest absolute Gasteiger partial charge is 0.263 e. The number of imide groups is 1. The fourth-order valence-corrected chi connectivity index (χ4v) is 8.53. The lowest BCUT2D eigenvalue weighted by atomic mass is 9.47. The minimum Gasteiger partial charge on any atom is -0.366 e. The van der Waals surface area contributed by atoms with Gasteiger partial charge in [-0.1, -0.05) is 37.0 Å². The Balaban J connectivity index is 1.61. The van der Waals surface area contributed by atoms with Crippen LogP contribution in [0.15, 0.2) is 0 Å². The van der Waals surface area contributed by atoms with Crippen molar-refractivity contribution in [2.75, 3.05) is 0 Å². The minimum atomic E-state index is -1.24. The van der Waals surface area contributed by atoms with Crippen molar-refractivity contribution in [2.24, 2.45) is 23.2 Å². The Morgan fingerprint density at radius 3 is 1.91 bits per heavy atom. The lowest BCUT2D eigenvalue weighted by molar-refractivity contribution is -0.211. The van der Waals surface area contributed by atoms with Crippen molar-refractivity contribution in [1.29, 1.82) is 0 Å². The largest absolute Gasteiger partial charge is 0.366 e. The van der Waals surface area contributed by atoms with Gasteiger partial charge >= 0.3 is 0 Å². The summed E-state index contributed by atoms with van der Waals surface area (Å²) in [4.78, 5) is 29.2. The van der Waals surface area contributed by atoms with Crippen LogP contribution in [0, 0.1) is 37.0 Å². The number of aliphatic hydroxyl groups is 1. The third kappa shape index (κ3) is 3.56. The molecule has 4 fully saturated rings. The van der Waals surface area contributed by atoms with Gasteiger partial charge in [0, 0.05) is 0 Å². The van der Waals surface area contributed by atoms with Crippen LogP contribution in [-0.2, 0) is 4.74 Å². The van der Waals surface area contributed by atoms with Crippen LogP contribution in [0.4, 0.5) is 0 Å². The van der Waals surface area contributed by atoms with E-state index in [9.17, 15) is 14.7 Å². The lowest BCUT2D eigenvalue weighted by Gasteiger charge is -2.60. The Morgan fingerprint density at radius 1 is 0.912 bits per heavy atom. The van der Waals surface area contributed by atoms with Gasteiger partial charge in [0.15, 0.2) is 6.29 Å². The molecule has 2 amide bonds. The van der Waals surface area contributed by atoms with Crippen LogP contribution >= 0.6 is 23.2 Å². The van der Waals surface area contributed by atoms with E-state index in [1.54, 1.807) is 0 Å². The van der Waals surface area contributed by atoms with Crippen LogP contribution in [-0.4, -0.2) is 40.3 Å². The first kappa shape index (κ1) is 24.5. The number of benzene rings is 1. The van der Waals surface area contributed by atoms with Gasteiger partial charge in [-0.2, -0.15) is 0 Å². The summed E-state index contributed by atoms with van der Waals surface area (Å²) in [6.45, 7) is 7.67. The second-order valence-corrected chi connectivity index (χ2v) is 12.1. The Hall–Kier alpha value is -1.14. The van der Waals surface area contributed by atoms with Crippen molar-refractivity contribution >= 4 is 35.0 Å². The van der Waals surface area contributed by atoms with E-state index in [4.69, 9.17) is 27.9 Å². The average Bonchev–Trinajstić information content (AvgIpc) is 3.04. The first-order valence-corrected chi connectivity index (χ1v) is 13.6. The third-order valence-corrected chi connectivity index (χ3v) is 10.2. The molecule has 186 valence electrons.